The lowest BCUT2D eigenvalue weighted by atomic mass is 9.99. The molecular weight excluding hydrogens is 303 g/mol. The van der Waals surface area contributed by atoms with Gasteiger partial charge in [-0.05, 0) is 26.0 Å². The van der Waals surface area contributed by atoms with Crippen LogP contribution in [0.4, 0.5) is 0 Å². The predicted octanol–water partition coefficient (Wildman–Crippen LogP) is 2.41. The van der Waals surface area contributed by atoms with Crippen molar-refractivity contribution < 1.29 is 19.2 Å². The molecular formula is C14H10Cl2O4. The standard InChI is InChI=1S/C8H8O2.C6H2Cl2O2/c1-5-3-7(9)4-6(2)8(5)10;7-3-1-5(9)4(8)2-6(3)10/h3-4H,1-2H3;1-2H. The van der Waals surface area contributed by atoms with Gasteiger partial charge in [-0.15, -0.1) is 0 Å². The molecule has 0 saturated heterocycles. The molecule has 0 bridgehead atoms. The zero-order valence-corrected chi connectivity index (χ0v) is 12.2. The maximum absolute atomic E-state index is 11.0. The van der Waals surface area contributed by atoms with E-state index in [1.165, 1.54) is 12.2 Å². The van der Waals surface area contributed by atoms with E-state index < -0.39 is 11.6 Å². The van der Waals surface area contributed by atoms with Gasteiger partial charge in [0, 0.05) is 23.3 Å². The second kappa shape index (κ2) is 6.59. The Morgan fingerprint density at radius 3 is 1.40 bits per heavy atom. The first kappa shape index (κ1) is 16.3. The Kier molecular flexibility index (Phi) is 5.36. The molecule has 4 nitrogen and oxygen atoms in total. The van der Waals surface area contributed by atoms with Crippen molar-refractivity contribution in [2.24, 2.45) is 0 Å². The van der Waals surface area contributed by atoms with E-state index in [1.54, 1.807) is 13.8 Å². The third kappa shape index (κ3) is 4.11. The van der Waals surface area contributed by atoms with Crippen LogP contribution in [0.25, 0.3) is 0 Å². The molecule has 0 aromatic heterocycles. The van der Waals surface area contributed by atoms with Crippen LogP contribution in [0.15, 0.2) is 45.5 Å². The van der Waals surface area contributed by atoms with Crippen LogP contribution < -0.4 is 0 Å². The molecule has 0 amide bonds. The van der Waals surface area contributed by atoms with E-state index in [0.29, 0.717) is 11.1 Å². The van der Waals surface area contributed by atoms with Gasteiger partial charge in [0.05, 0.1) is 10.1 Å². The smallest absolute Gasteiger partial charge is 0.198 e. The van der Waals surface area contributed by atoms with Crippen molar-refractivity contribution in [2.75, 3.05) is 0 Å². The van der Waals surface area contributed by atoms with Gasteiger partial charge in [0.2, 0.25) is 0 Å². The van der Waals surface area contributed by atoms with Crippen LogP contribution in [0, 0.1) is 0 Å². The second-order valence-corrected chi connectivity index (χ2v) is 4.91. The van der Waals surface area contributed by atoms with Crippen LogP contribution in [0.1, 0.15) is 13.8 Å². The molecule has 0 fully saturated rings. The average molecular weight is 313 g/mol. The topological polar surface area (TPSA) is 68.3 Å². The Morgan fingerprint density at radius 1 is 0.700 bits per heavy atom. The summed E-state index contributed by atoms with van der Waals surface area (Å²) in [6, 6.07) is 0. The van der Waals surface area contributed by atoms with Gasteiger partial charge >= 0.3 is 0 Å². The second-order valence-electron chi connectivity index (χ2n) is 4.10. The molecule has 0 aliphatic heterocycles. The maximum atomic E-state index is 11.0. The summed E-state index contributed by atoms with van der Waals surface area (Å²) in [6.45, 7) is 3.30. The van der Waals surface area contributed by atoms with Crippen LogP contribution in [-0.2, 0) is 19.2 Å². The van der Waals surface area contributed by atoms with Crippen molar-refractivity contribution in [2.45, 2.75) is 13.8 Å². The number of carbonyl (C=O) groups is 4. The normalized spacial score (nSPS) is 18.6. The maximum Gasteiger partial charge on any atom is 0.198 e. The molecule has 6 heteroatoms. The van der Waals surface area contributed by atoms with Gasteiger partial charge in [0.1, 0.15) is 0 Å². The summed E-state index contributed by atoms with van der Waals surface area (Å²) in [4.78, 5) is 43.0. The van der Waals surface area contributed by atoms with Gasteiger partial charge in [-0.3, -0.25) is 19.2 Å². The van der Waals surface area contributed by atoms with E-state index in [-0.39, 0.29) is 21.6 Å². The molecule has 0 radical (unpaired) electrons. The highest BCUT2D eigenvalue weighted by Gasteiger charge is 2.16. The summed E-state index contributed by atoms with van der Waals surface area (Å²) in [5.74, 6) is -0.966. The monoisotopic (exact) mass is 312 g/mol. The van der Waals surface area contributed by atoms with Crippen molar-refractivity contribution >= 4 is 46.3 Å². The fourth-order valence-electron chi connectivity index (χ4n) is 1.42. The first-order valence-electron chi connectivity index (χ1n) is 5.50. The molecule has 0 unspecified atom stereocenters. The minimum atomic E-state index is -0.425. The van der Waals surface area contributed by atoms with Crippen molar-refractivity contribution in [3.8, 4) is 0 Å². The molecule has 104 valence electrons. The minimum Gasteiger partial charge on any atom is -0.290 e. The quantitative estimate of drug-likeness (QED) is 0.644. The molecule has 2 rings (SSSR count). The molecule has 2 aliphatic carbocycles. The van der Waals surface area contributed by atoms with Gasteiger partial charge < -0.3 is 0 Å². The molecule has 0 N–H and O–H groups in total. The van der Waals surface area contributed by atoms with E-state index in [2.05, 4.69) is 0 Å². The SMILES string of the molecule is CC1=CC(=O)C=C(C)C1=O.O=C1C=C(Cl)C(=O)C=C1Cl. The number of halogens is 2. The lowest BCUT2D eigenvalue weighted by Gasteiger charge is -2.04. The van der Waals surface area contributed by atoms with Crippen LogP contribution in [-0.4, -0.2) is 23.1 Å². The highest BCUT2D eigenvalue weighted by Crippen LogP contribution is 2.16. The predicted molar refractivity (Wildman–Crippen MR) is 75.4 cm³/mol. The number of Topliss-reactive ketones (excluding diaryl/α,β-unsaturated/α-hetero) is 1. The molecule has 20 heavy (non-hydrogen) atoms. The lowest BCUT2D eigenvalue weighted by Crippen LogP contribution is -2.09. The number of carbonyl (C=O) groups excluding carboxylic acids is 4. The van der Waals surface area contributed by atoms with Crippen molar-refractivity contribution in [1.82, 2.24) is 0 Å². The van der Waals surface area contributed by atoms with Gasteiger partial charge in [0.25, 0.3) is 0 Å². The highest BCUT2D eigenvalue weighted by atomic mass is 35.5. The lowest BCUT2D eigenvalue weighted by molar-refractivity contribution is -0.115. The summed E-state index contributed by atoms with van der Waals surface area (Å²) in [5, 5.41) is -0.177. The highest BCUT2D eigenvalue weighted by molar-refractivity contribution is 6.53. The van der Waals surface area contributed by atoms with E-state index in [9.17, 15) is 19.2 Å². The summed E-state index contributed by atoms with van der Waals surface area (Å²) in [5.41, 5.74) is 1.06. The third-order valence-corrected chi connectivity index (χ3v) is 3.01. The summed E-state index contributed by atoms with van der Waals surface area (Å²) in [7, 11) is 0. The third-order valence-electron chi connectivity index (χ3n) is 2.42. The Labute approximate surface area is 125 Å². The summed E-state index contributed by atoms with van der Waals surface area (Å²) in [6.07, 6.45) is 4.73. The minimum absolute atomic E-state index is 0.0281. The largest absolute Gasteiger partial charge is 0.290 e. The van der Waals surface area contributed by atoms with Gasteiger partial charge in [-0.25, -0.2) is 0 Å². The fraction of sp³-hybridized carbons (Fsp3) is 0.143. The van der Waals surface area contributed by atoms with Crippen molar-refractivity contribution in [3.63, 3.8) is 0 Å². The van der Waals surface area contributed by atoms with Crippen molar-refractivity contribution in [3.05, 3.63) is 45.5 Å². The van der Waals surface area contributed by atoms with Gasteiger partial charge in [-0.1, -0.05) is 23.2 Å². The molecule has 0 atom stereocenters. The van der Waals surface area contributed by atoms with E-state index in [0.717, 1.165) is 12.2 Å². The number of rotatable bonds is 0. The number of ketones is 4. The Balaban J connectivity index is 0.000000200. The van der Waals surface area contributed by atoms with Crippen LogP contribution in [0.5, 0.6) is 0 Å². The molecule has 0 heterocycles. The number of hydrogen-bond donors (Lipinski definition) is 0. The Morgan fingerprint density at radius 2 is 1.05 bits per heavy atom. The first-order valence-corrected chi connectivity index (χ1v) is 6.26. The molecule has 0 saturated carbocycles. The zero-order valence-electron chi connectivity index (χ0n) is 10.7. The van der Waals surface area contributed by atoms with Crippen LogP contribution in [0.3, 0.4) is 0 Å². The van der Waals surface area contributed by atoms with E-state index >= 15 is 0 Å². The van der Waals surface area contributed by atoms with E-state index in [1.807, 2.05) is 0 Å². The summed E-state index contributed by atoms with van der Waals surface area (Å²) < 4.78 is 0. The van der Waals surface area contributed by atoms with Crippen LogP contribution >= 0.6 is 23.2 Å². The Hall–Kier alpha value is -1.78. The van der Waals surface area contributed by atoms with Gasteiger partial charge in [0.15, 0.2) is 23.1 Å². The summed E-state index contributed by atoms with van der Waals surface area (Å²) >= 11 is 10.6. The Bertz CT molecular complexity index is 582. The van der Waals surface area contributed by atoms with Crippen molar-refractivity contribution in [1.29, 1.82) is 0 Å². The zero-order chi connectivity index (χ0) is 15.4. The number of allylic oxidation sites excluding steroid dienone is 8. The molecule has 0 spiro atoms. The average Bonchev–Trinajstić information content (AvgIpc) is 2.34. The fourth-order valence-corrected chi connectivity index (χ4v) is 1.73. The molecule has 0 aromatic carbocycles. The molecule has 2 aliphatic rings. The first-order chi connectivity index (χ1) is 9.22. The number of hydrogen-bond acceptors (Lipinski definition) is 4. The van der Waals surface area contributed by atoms with Crippen LogP contribution in [0.2, 0.25) is 0 Å². The van der Waals surface area contributed by atoms with E-state index in [4.69, 9.17) is 23.2 Å². The molecule has 0 aromatic rings. The van der Waals surface area contributed by atoms with Gasteiger partial charge in [-0.2, -0.15) is 0 Å².